The average Bonchev–Trinajstić information content (AvgIpc) is 2.88. The van der Waals surface area contributed by atoms with E-state index in [1.54, 1.807) is 25.1 Å². The Balaban J connectivity index is 2.31. The van der Waals surface area contributed by atoms with Crippen molar-refractivity contribution < 1.29 is 19.1 Å². The molecule has 0 atom stereocenters. The van der Waals surface area contributed by atoms with E-state index in [0.29, 0.717) is 26.3 Å². The fourth-order valence-corrected chi connectivity index (χ4v) is 4.06. The van der Waals surface area contributed by atoms with Gasteiger partial charge in [0.2, 0.25) is 0 Å². The number of anilines is 2. The second-order valence-corrected chi connectivity index (χ2v) is 7.28. The zero-order chi connectivity index (χ0) is 19.4. The summed E-state index contributed by atoms with van der Waals surface area (Å²) in [5, 5.41) is 7.25. The first-order valence-corrected chi connectivity index (χ1v) is 9.09. The highest BCUT2D eigenvalue weighted by molar-refractivity contribution is 7.80. The maximum atomic E-state index is 12.1. The highest BCUT2D eigenvalue weighted by Gasteiger charge is 2.26. The summed E-state index contributed by atoms with van der Waals surface area (Å²) in [6.45, 7) is 1.63. The van der Waals surface area contributed by atoms with Gasteiger partial charge in [-0.3, -0.25) is 0 Å². The first-order valence-electron chi connectivity index (χ1n) is 7.11. The Bertz CT molecular complexity index is 863. The number of carbonyl (C=O) groups is 2. The Morgan fingerprint density at radius 3 is 2.15 bits per heavy atom. The predicted octanol–water partition coefficient (Wildman–Crippen LogP) is 4.75. The third kappa shape index (κ3) is 4.64. The molecule has 1 heterocycles. The van der Waals surface area contributed by atoms with Crippen LogP contribution in [0.1, 0.15) is 25.6 Å². The Kier molecular flexibility index (Phi) is 6.82. The van der Waals surface area contributed by atoms with E-state index < -0.39 is 11.9 Å². The van der Waals surface area contributed by atoms with Gasteiger partial charge in [-0.05, 0) is 42.9 Å². The number of benzene rings is 1. The summed E-state index contributed by atoms with van der Waals surface area (Å²) in [5.41, 5.74) is 1.23. The Morgan fingerprint density at radius 1 is 1.04 bits per heavy atom. The number of esters is 2. The number of methoxy groups -OCH3 is 2. The van der Waals surface area contributed by atoms with Crippen LogP contribution in [0.15, 0.2) is 18.2 Å². The molecule has 1 aromatic carbocycles. The van der Waals surface area contributed by atoms with E-state index in [1.165, 1.54) is 14.2 Å². The van der Waals surface area contributed by atoms with Gasteiger partial charge < -0.3 is 20.1 Å². The van der Waals surface area contributed by atoms with Crippen LogP contribution >= 0.6 is 46.8 Å². The van der Waals surface area contributed by atoms with Gasteiger partial charge in [-0.15, -0.1) is 11.3 Å². The molecule has 0 saturated heterocycles. The second kappa shape index (κ2) is 8.68. The third-order valence-corrected chi connectivity index (χ3v) is 5.08. The molecule has 0 spiro atoms. The lowest BCUT2D eigenvalue weighted by molar-refractivity contribution is 0.0601. The van der Waals surface area contributed by atoms with E-state index in [0.717, 1.165) is 11.3 Å². The molecule has 0 fully saturated rings. The maximum Gasteiger partial charge on any atom is 0.348 e. The summed E-state index contributed by atoms with van der Waals surface area (Å²) < 4.78 is 9.53. The monoisotopic (exact) mass is 432 g/mol. The van der Waals surface area contributed by atoms with Crippen molar-refractivity contribution in [3.63, 3.8) is 0 Å². The summed E-state index contributed by atoms with van der Waals surface area (Å²) in [6, 6.07) is 4.87. The van der Waals surface area contributed by atoms with Gasteiger partial charge in [-0.25, -0.2) is 9.59 Å². The number of thiocarbonyl (C=S) groups is 1. The Labute approximate surface area is 169 Å². The van der Waals surface area contributed by atoms with Gasteiger partial charge >= 0.3 is 11.9 Å². The molecule has 0 bridgehead atoms. The van der Waals surface area contributed by atoms with E-state index in [-0.39, 0.29) is 15.6 Å². The molecule has 0 radical (unpaired) electrons. The van der Waals surface area contributed by atoms with Crippen molar-refractivity contribution in [2.24, 2.45) is 0 Å². The minimum atomic E-state index is -0.593. The van der Waals surface area contributed by atoms with Crippen LogP contribution in [-0.2, 0) is 9.47 Å². The topological polar surface area (TPSA) is 76.7 Å². The molecule has 0 aliphatic carbocycles. The van der Waals surface area contributed by atoms with E-state index in [2.05, 4.69) is 10.6 Å². The lowest BCUT2D eigenvalue weighted by atomic mass is 10.1. The summed E-state index contributed by atoms with van der Waals surface area (Å²) >= 11 is 18.2. The van der Waals surface area contributed by atoms with Gasteiger partial charge in [0, 0.05) is 15.7 Å². The third-order valence-electron chi connectivity index (χ3n) is 3.25. The molecule has 2 rings (SSSR count). The van der Waals surface area contributed by atoms with Crippen molar-refractivity contribution in [2.75, 3.05) is 24.9 Å². The Hall–Kier alpha value is -1.87. The van der Waals surface area contributed by atoms with Crippen LogP contribution in [0.3, 0.4) is 0 Å². The minimum Gasteiger partial charge on any atom is -0.465 e. The molecular formula is C16H14Cl2N2O4S2. The van der Waals surface area contributed by atoms with Crippen molar-refractivity contribution in [3.8, 4) is 0 Å². The average molecular weight is 433 g/mol. The smallest absolute Gasteiger partial charge is 0.348 e. The van der Waals surface area contributed by atoms with E-state index in [4.69, 9.17) is 44.9 Å². The second-order valence-electron chi connectivity index (χ2n) is 4.98. The summed E-state index contributed by atoms with van der Waals surface area (Å²) in [5.74, 6) is -1.14. The van der Waals surface area contributed by atoms with Gasteiger partial charge in [0.05, 0.1) is 19.8 Å². The molecule has 0 saturated carbocycles. The number of carbonyl (C=O) groups excluding carboxylic acids is 2. The van der Waals surface area contributed by atoms with Crippen molar-refractivity contribution >= 4 is 74.5 Å². The van der Waals surface area contributed by atoms with Gasteiger partial charge in [0.15, 0.2) is 5.11 Å². The largest absolute Gasteiger partial charge is 0.465 e. The molecule has 0 amide bonds. The molecule has 138 valence electrons. The van der Waals surface area contributed by atoms with Gasteiger partial charge in [0.1, 0.15) is 9.88 Å². The first kappa shape index (κ1) is 20.4. The van der Waals surface area contributed by atoms with E-state index in [9.17, 15) is 9.59 Å². The molecule has 0 aliphatic heterocycles. The number of halogens is 2. The van der Waals surface area contributed by atoms with Crippen molar-refractivity contribution in [1.82, 2.24) is 0 Å². The zero-order valence-electron chi connectivity index (χ0n) is 13.9. The Morgan fingerprint density at radius 2 is 1.62 bits per heavy atom. The molecule has 10 heteroatoms. The van der Waals surface area contributed by atoms with Crippen molar-refractivity contribution in [2.45, 2.75) is 6.92 Å². The molecule has 6 nitrogen and oxygen atoms in total. The van der Waals surface area contributed by atoms with E-state index >= 15 is 0 Å². The number of ether oxygens (including phenoxy) is 2. The molecule has 2 aromatic rings. The van der Waals surface area contributed by atoms with Gasteiger partial charge in [0.25, 0.3) is 0 Å². The van der Waals surface area contributed by atoms with Crippen LogP contribution in [0.2, 0.25) is 10.0 Å². The van der Waals surface area contributed by atoms with E-state index in [1.807, 2.05) is 0 Å². The molecule has 1 aromatic heterocycles. The first-order chi connectivity index (χ1) is 12.3. The molecule has 26 heavy (non-hydrogen) atoms. The lowest BCUT2D eigenvalue weighted by Crippen LogP contribution is -2.20. The SMILES string of the molecule is COC(=O)c1sc(NC(=S)Nc2cc(Cl)cc(Cl)c2)c(C(=O)OC)c1C. The number of hydrogen-bond acceptors (Lipinski definition) is 6. The fourth-order valence-electron chi connectivity index (χ4n) is 2.13. The van der Waals surface area contributed by atoms with Gasteiger partial charge in [-0.2, -0.15) is 0 Å². The molecule has 0 unspecified atom stereocenters. The standard InChI is InChI=1S/C16H14Cl2N2O4S2/c1-7-11(14(21)23-2)13(26-12(7)15(22)24-3)20-16(25)19-10-5-8(17)4-9(18)6-10/h4-6H,1-3H3,(H2,19,20,25). The maximum absolute atomic E-state index is 12.1. The van der Waals surface area contributed by atoms with Crippen LogP contribution in [0.5, 0.6) is 0 Å². The number of hydrogen-bond donors (Lipinski definition) is 2. The van der Waals surface area contributed by atoms with Crippen molar-refractivity contribution in [3.05, 3.63) is 44.2 Å². The summed E-state index contributed by atoms with van der Waals surface area (Å²) in [7, 11) is 2.52. The number of rotatable bonds is 4. The number of nitrogens with one attached hydrogen (secondary N) is 2. The summed E-state index contributed by atoms with van der Waals surface area (Å²) in [4.78, 5) is 24.3. The quantitative estimate of drug-likeness (QED) is 0.533. The molecular weight excluding hydrogens is 419 g/mol. The lowest BCUT2D eigenvalue weighted by Gasteiger charge is -2.11. The highest BCUT2D eigenvalue weighted by atomic mass is 35.5. The van der Waals surface area contributed by atoms with Crippen LogP contribution in [0, 0.1) is 6.92 Å². The predicted molar refractivity (Wildman–Crippen MR) is 108 cm³/mol. The normalized spacial score (nSPS) is 10.2. The zero-order valence-corrected chi connectivity index (χ0v) is 17.1. The molecule has 2 N–H and O–H groups in total. The van der Waals surface area contributed by atoms with Crippen LogP contribution in [0.25, 0.3) is 0 Å². The van der Waals surface area contributed by atoms with Crippen LogP contribution in [0.4, 0.5) is 10.7 Å². The highest BCUT2D eigenvalue weighted by Crippen LogP contribution is 2.34. The van der Waals surface area contributed by atoms with Gasteiger partial charge in [-0.1, -0.05) is 23.2 Å². The van der Waals surface area contributed by atoms with Crippen LogP contribution < -0.4 is 10.6 Å². The summed E-state index contributed by atoms with van der Waals surface area (Å²) in [6.07, 6.45) is 0. The number of thiophene rings is 1. The molecule has 0 aliphatic rings. The minimum absolute atomic E-state index is 0.186. The fraction of sp³-hybridized carbons (Fsp3) is 0.188. The van der Waals surface area contributed by atoms with Crippen molar-refractivity contribution in [1.29, 1.82) is 0 Å². The van der Waals surface area contributed by atoms with Crippen LogP contribution in [-0.4, -0.2) is 31.3 Å².